The van der Waals surface area contributed by atoms with Gasteiger partial charge in [0, 0.05) is 0 Å². The summed E-state index contributed by atoms with van der Waals surface area (Å²) in [6, 6.07) is 1.46. The first-order valence-electron chi connectivity index (χ1n) is 4.50. The van der Waals surface area contributed by atoms with Crippen molar-refractivity contribution < 1.29 is 22.7 Å². The molecule has 1 aromatic carbocycles. The second kappa shape index (κ2) is 5.14. The van der Waals surface area contributed by atoms with Gasteiger partial charge in [-0.3, -0.25) is 0 Å². The Morgan fingerprint density at radius 2 is 1.88 bits per heavy atom. The molecule has 0 aliphatic carbocycles. The summed E-state index contributed by atoms with van der Waals surface area (Å²) in [5.41, 5.74) is -1.27. The molecular formula is C10H7Cl2F3O2. The molecule has 0 aromatic heterocycles. The molecule has 94 valence electrons. The molecule has 0 saturated carbocycles. The Labute approximate surface area is 105 Å². The van der Waals surface area contributed by atoms with Crippen LogP contribution in [0.5, 0.6) is 0 Å². The predicted molar refractivity (Wildman–Crippen MR) is 57.4 cm³/mol. The van der Waals surface area contributed by atoms with E-state index < -0.39 is 22.7 Å². The average Bonchev–Trinajstić information content (AvgIpc) is 2.19. The lowest BCUT2D eigenvalue weighted by molar-refractivity contribution is -0.137. The highest BCUT2D eigenvalue weighted by atomic mass is 35.5. The molecule has 0 radical (unpaired) electrons. The van der Waals surface area contributed by atoms with Crippen molar-refractivity contribution in [3.8, 4) is 0 Å². The molecule has 0 heterocycles. The maximum atomic E-state index is 12.5. The van der Waals surface area contributed by atoms with E-state index >= 15 is 0 Å². The average molecular weight is 287 g/mol. The van der Waals surface area contributed by atoms with E-state index in [0.29, 0.717) is 6.07 Å². The normalized spacial score (nSPS) is 11.4. The smallest absolute Gasteiger partial charge is 0.417 e. The third-order valence-electron chi connectivity index (χ3n) is 1.86. The zero-order valence-corrected chi connectivity index (χ0v) is 10.1. The van der Waals surface area contributed by atoms with E-state index in [2.05, 4.69) is 4.74 Å². The van der Waals surface area contributed by atoms with Crippen LogP contribution in [0.4, 0.5) is 13.2 Å². The van der Waals surface area contributed by atoms with Crippen molar-refractivity contribution in [1.29, 1.82) is 0 Å². The first-order valence-corrected chi connectivity index (χ1v) is 5.26. The van der Waals surface area contributed by atoms with Crippen LogP contribution < -0.4 is 0 Å². The summed E-state index contributed by atoms with van der Waals surface area (Å²) in [7, 11) is 0. The van der Waals surface area contributed by atoms with Gasteiger partial charge in [0.2, 0.25) is 0 Å². The topological polar surface area (TPSA) is 26.3 Å². The lowest BCUT2D eigenvalue weighted by Gasteiger charge is -2.11. The molecule has 0 amide bonds. The second-order valence-corrected chi connectivity index (χ2v) is 3.84. The van der Waals surface area contributed by atoms with Crippen LogP contribution in [0.1, 0.15) is 22.8 Å². The van der Waals surface area contributed by atoms with Crippen LogP contribution in [-0.4, -0.2) is 12.6 Å². The molecule has 17 heavy (non-hydrogen) atoms. The lowest BCUT2D eigenvalue weighted by atomic mass is 10.1. The molecule has 1 rings (SSSR count). The van der Waals surface area contributed by atoms with Crippen LogP contribution in [0.2, 0.25) is 10.0 Å². The van der Waals surface area contributed by atoms with Crippen LogP contribution in [0.15, 0.2) is 12.1 Å². The molecule has 2 nitrogen and oxygen atoms in total. The Bertz CT molecular complexity index is 444. The number of hydrogen-bond donors (Lipinski definition) is 0. The molecule has 0 N–H and O–H groups in total. The second-order valence-electron chi connectivity index (χ2n) is 3.03. The van der Waals surface area contributed by atoms with E-state index in [4.69, 9.17) is 23.2 Å². The fourth-order valence-electron chi connectivity index (χ4n) is 1.13. The van der Waals surface area contributed by atoms with Crippen molar-refractivity contribution in [2.75, 3.05) is 6.61 Å². The zero-order chi connectivity index (χ0) is 13.2. The largest absolute Gasteiger partial charge is 0.462 e. The minimum Gasteiger partial charge on any atom is -0.462 e. The number of ether oxygens (including phenoxy) is 1. The van der Waals surface area contributed by atoms with Crippen molar-refractivity contribution in [2.45, 2.75) is 13.1 Å². The summed E-state index contributed by atoms with van der Waals surface area (Å²) in [5, 5.41) is -0.940. The summed E-state index contributed by atoms with van der Waals surface area (Å²) in [5.74, 6) is -0.812. The molecule has 7 heteroatoms. The number of halogens is 5. The fraction of sp³-hybridized carbons (Fsp3) is 0.300. The van der Waals surface area contributed by atoms with Crippen LogP contribution >= 0.6 is 23.2 Å². The molecule has 0 bridgehead atoms. The van der Waals surface area contributed by atoms with E-state index in [-0.39, 0.29) is 17.2 Å². The van der Waals surface area contributed by atoms with Gasteiger partial charge in [-0.1, -0.05) is 23.2 Å². The monoisotopic (exact) mass is 286 g/mol. The predicted octanol–water partition coefficient (Wildman–Crippen LogP) is 4.19. The molecule has 0 saturated heterocycles. The van der Waals surface area contributed by atoms with Gasteiger partial charge in [0.15, 0.2) is 0 Å². The van der Waals surface area contributed by atoms with Crippen molar-refractivity contribution in [2.24, 2.45) is 0 Å². The molecule has 0 aliphatic rings. The highest BCUT2D eigenvalue weighted by Gasteiger charge is 2.34. The van der Waals surface area contributed by atoms with Crippen molar-refractivity contribution >= 4 is 29.2 Å². The Kier molecular flexibility index (Phi) is 4.27. The van der Waals surface area contributed by atoms with Crippen molar-refractivity contribution in [3.05, 3.63) is 33.3 Å². The number of carbonyl (C=O) groups is 1. The fourth-order valence-corrected chi connectivity index (χ4v) is 1.64. The van der Waals surface area contributed by atoms with Gasteiger partial charge in [0.1, 0.15) is 0 Å². The summed E-state index contributed by atoms with van der Waals surface area (Å²) in [6.45, 7) is 1.66. The van der Waals surface area contributed by atoms with Gasteiger partial charge in [0.25, 0.3) is 0 Å². The van der Waals surface area contributed by atoms with Gasteiger partial charge >= 0.3 is 12.1 Å². The molecule has 1 aromatic rings. The van der Waals surface area contributed by atoms with Gasteiger partial charge in [-0.15, -0.1) is 0 Å². The summed E-state index contributed by atoms with van der Waals surface area (Å²) in [4.78, 5) is 11.3. The zero-order valence-electron chi connectivity index (χ0n) is 8.57. The quantitative estimate of drug-likeness (QED) is 0.762. The SMILES string of the molecule is CCOC(=O)c1cc(Cl)c(C(F)(F)F)cc1Cl. The maximum Gasteiger partial charge on any atom is 0.417 e. The minimum atomic E-state index is -4.62. The Hall–Kier alpha value is -0.940. The van der Waals surface area contributed by atoms with E-state index in [0.717, 1.165) is 6.07 Å². The standard InChI is InChI=1S/C10H7Cl2F3O2/c1-2-17-9(16)5-3-8(12)6(4-7(5)11)10(13,14)15/h3-4H,2H2,1H3. The molecule has 0 fully saturated rings. The van der Waals surface area contributed by atoms with Crippen molar-refractivity contribution in [1.82, 2.24) is 0 Å². The van der Waals surface area contributed by atoms with Gasteiger partial charge in [-0.2, -0.15) is 13.2 Å². The third-order valence-corrected chi connectivity index (χ3v) is 2.48. The lowest BCUT2D eigenvalue weighted by Crippen LogP contribution is -2.10. The van der Waals surface area contributed by atoms with Crippen LogP contribution in [0, 0.1) is 0 Å². The molecule has 0 unspecified atom stereocenters. The van der Waals surface area contributed by atoms with Gasteiger partial charge in [-0.25, -0.2) is 4.79 Å². The van der Waals surface area contributed by atoms with E-state index in [1.807, 2.05) is 0 Å². The molecule has 0 spiro atoms. The Balaban J connectivity index is 3.23. The number of carbonyl (C=O) groups excluding carboxylic acids is 1. The number of alkyl halides is 3. The highest BCUT2D eigenvalue weighted by molar-refractivity contribution is 6.36. The first-order chi connectivity index (χ1) is 7.77. The van der Waals surface area contributed by atoms with Gasteiger partial charge < -0.3 is 4.74 Å². The van der Waals surface area contributed by atoms with Gasteiger partial charge in [0.05, 0.1) is 27.8 Å². The van der Waals surface area contributed by atoms with Crippen LogP contribution in [0.25, 0.3) is 0 Å². The van der Waals surface area contributed by atoms with E-state index in [9.17, 15) is 18.0 Å². The van der Waals surface area contributed by atoms with Crippen LogP contribution in [0.3, 0.4) is 0 Å². The maximum absolute atomic E-state index is 12.5. The van der Waals surface area contributed by atoms with Crippen LogP contribution in [-0.2, 0) is 10.9 Å². The first kappa shape index (κ1) is 14.1. The van der Waals surface area contributed by atoms with E-state index in [1.165, 1.54) is 0 Å². The number of benzene rings is 1. The summed E-state index contributed by atoms with van der Waals surface area (Å²) in [6.07, 6.45) is -4.62. The number of esters is 1. The summed E-state index contributed by atoms with van der Waals surface area (Å²) >= 11 is 11.0. The Morgan fingerprint density at radius 3 is 2.35 bits per heavy atom. The van der Waals surface area contributed by atoms with Gasteiger partial charge in [-0.05, 0) is 19.1 Å². The van der Waals surface area contributed by atoms with Crippen molar-refractivity contribution in [3.63, 3.8) is 0 Å². The highest BCUT2D eigenvalue weighted by Crippen LogP contribution is 2.37. The number of rotatable bonds is 2. The van der Waals surface area contributed by atoms with E-state index in [1.54, 1.807) is 6.92 Å². The number of hydrogen-bond acceptors (Lipinski definition) is 2. The minimum absolute atomic E-state index is 0.0911. The third kappa shape index (κ3) is 3.26. The molecular weight excluding hydrogens is 280 g/mol. The molecule has 0 aliphatic heterocycles. The molecule has 0 atom stereocenters. The Morgan fingerprint density at radius 1 is 1.29 bits per heavy atom. The summed E-state index contributed by atoms with van der Waals surface area (Å²) < 4.78 is 42.0.